The Morgan fingerprint density at radius 3 is 2.86 bits per heavy atom. The molecule has 1 aliphatic carbocycles. The summed E-state index contributed by atoms with van der Waals surface area (Å²) in [6.07, 6.45) is 4.95. The summed E-state index contributed by atoms with van der Waals surface area (Å²) in [4.78, 5) is 27.0. The van der Waals surface area contributed by atoms with Crippen molar-refractivity contribution in [3.05, 3.63) is 47.0 Å². The van der Waals surface area contributed by atoms with Crippen LogP contribution in [-0.4, -0.2) is 46.1 Å². The van der Waals surface area contributed by atoms with Gasteiger partial charge in [-0.15, -0.1) is 0 Å². The highest BCUT2D eigenvalue weighted by molar-refractivity contribution is 5.94. The lowest BCUT2D eigenvalue weighted by Gasteiger charge is -2.31. The number of piperidine rings is 1. The van der Waals surface area contributed by atoms with Crippen molar-refractivity contribution < 1.29 is 14.0 Å². The molecule has 154 valence electrons. The molecule has 2 heterocycles. The SMILES string of the molecule is CC1CCCN(C(=O)CCNC(=O)c2nn(-c3ccccc3F)c3c2CCC3)C1. The molecule has 1 fully saturated rings. The summed E-state index contributed by atoms with van der Waals surface area (Å²) in [5.74, 6) is -0.0396. The predicted octanol–water partition coefficient (Wildman–Crippen LogP) is 2.88. The fraction of sp³-hybridized carbons (Fsp3) is 0.500. The topological polar surface area (TPSA) is 67.2 Å². The van der Waals surface area contributed by atoms with Gasteiger partial charge in [-0.1, -0.05) is 19.1 Å². The summed E-state index contributed by atoms with van der Waals surface area (Å²) >= 11 is 0. The number of hydrogen-bond acceptors (Lipinski definition) is 3. The summed E-state index contributed by atoms with van der Waals surface area (Å²) in [7, 11) is 0. The van der Waals surface area contributed by atoms with Crippen molar-refractivity contribution >= 4 is 11.8 Å². The van der Waals surface area contributed by atoms with Crippen LogP contribution in [0.15, 0.2) is 24.3 Å². The van der Waals surface area contributed by atoms with Crippen molar-refractivity contribution in [2.45, 2.75) is 45.4 Å². The second-order valence-electron chi connectivity index (χ2n) is 8.08. The second-order valence-corrected chi connectivity index (χ2v) is 8.08. The van der Waals surface area contributed by atoms with Crippen molar-refractivity contribution in [2.24, 2.45) is 5.92 Å². The number of carbonyl (C=O) groups is 2. The molecular weight excluding hydrogens is 371 g/mol. The first kappa shape index (κ1) is 19.6. The van der Waals surface area contributed by atoms with Gasteiger partial charge in [-0.3, -0.25) is 9.59 Å². The number of aromatic nitrogens is 2. The number of hydrogen-bond donors (Lipinski definition) is 1. The molecule has 4 rings (SSSR count). The standard InChI is InChI=1S/C22H27FN4O2/c1-15-6-5-13-26(14-15)20(28)11-12-24-22(29)21-16-7-4-10-18(16)27(25-21)19-9-3-2-8-17(19)23/h2-3,8-9,15H,4-7,10-14H2,1H3,(H,24,29). The molecule has 6 nitrogen and oxygen atoms in total. The molecule has 1 saturated heterocycles. The molecule has 1 aliphatic heterocycles. The number of nitrogens with zero attached hydrogens (tertiary/aromatic N) is 3. The van der Waals surface area contributed by atoms with E-state index in [-0.39, 0.29) is 30.6 Å². The third kappa shape index (κ3) is 4.04. The lowest BCUT2D eigenvalue weighted by atomic mass is 10.00. The van der Waals surface area contributed by atoms with Gasteiger partial charge in [-0.05, 0) is 50.2 Å². The van der Waals surface area contributed by atoms with Gasteiger partial charge in [0.05, 0.1) is 0 Å². The van der Waals surface area contributed by atoms with E-state index in [0.29, 0.717) is 17.3 Å². The van der Waals surface area contributed by atoms with Crippen LogP contribution in [0, 0.1) is 11.7 Å². The Hall–Kier alpha value is -2.70. The van der Waals surface area contributed by atoms with Crippen LogP contribution in [0.25, 0.3) is 5.69 Å². The number of benzene rings is 1. The number of halogens is 1. The molecule has 0 spiro atoms. The Morgan fingerprint density at radius 2 is 2.07 bits per heavy atom. The normalized spacial score (nSPS) is 18.6. The Morgan fingerprint density at radius 1 is 1.24 bits per heavy atom. The third-order valence-corrected chi connectivity index (χ3v) is 5.86. The zero-order valence-corrected chi connectivity index (χ0v) is 16.8. The minimum absolute atomic E-state index is 0.0824. The van der Waals surface area contributed by atoms with E-state index < -0.39 is 0 Å². The molecule has 1 aromatic heterocycles. The Bertz CT molecular complexity index is 924. The highest BCUT2D eigenvalue weighted by Crippen LogP contribution is 2.28. The number of amides is 2. The number of nitrogens with one attached hydrogen (secondary N) is 1. The van der Waals surface area contributed by atoms with E-state index >= 15 is 0 Å². The predicted molar refractivity (Wildman–Crippen MR) is 107 cm³/mol. The smallest absolute Gasteiger partial charge is 0.272 e. The van der Waals surface area contributed by atoms with Crippen LogP contribution in [-0.2, 0) is 17.6 Å². The molecule has 29 heavy (non-hydrogen) atoms. The van der Waals surface area contributed by atoms with Crippen molar-refractivity contribution in [1.29, 1.82) is 0 Å². The van der Waals surface area contributed by atoms with Gasteiger partial charge in [0, 0.05) is 37.3 Å². The van der Waals surface area contributed by atoms with E-state index in [0.717, 1.165) is 56.5 Å². The zero-order chi connectivity index (χ0) is 20.4. The van der Waals surface area contributed by atoms with E-state index in [1.807, 2.05) is 4.90 Å². The van der Waals surface area contributed by atoms with Crippen LogP contribution < -0.4 is 5.32 Å². The molecular formula is C22H27FN4O2. The van der Waals surface area contributed by atoms with E-state index in [9.17, 15) is 14.0 Å². The molecule has 7 heteroatoms. The molecule has 2 aliphatic rings. The average Bonchev–Trinajstić information content (AvgIpc) is 3.31. The van der Waals surface area contributed by atoms with Gasteiger partial charge in [0.1, 0.15) is 11.5 Å². The number of carbonyl (C=O) groups excluding carboxylic acids is 2. The fourth-order valence-corrected chi connectivity index (χ4v) is 4.38. The molecule has 1 N–H and O–H groups in total. The fourth-order valence-electron chi connectivity index (χ4n) is 4.38. The van der Waals surface area contributed by atoms with E-state index in [2.05, 4.69) is 17.3 Å². The maximum atomic E-state index is 14.2. The molecule has 0 saturated carbocycles. The van der Waals surface area contributed by atoms with E-state index in [1.54, 1.807) is 22.9 Å². The van der Waals surface area contributed by atoms with Crippen molar-refractivity contribution in [3.8, 4) is 5.69 Å². The molecule has 0 bridgehead atoms. The summed E-state index contributed by atoms with van der Waals surface area (Å²) in [6.45, 7) is 4.04. The summed E-state index contributed by atoms with van der Waals surface area (Å²) in [5.41, 5.74) is 2.50. The van der Waals surface area contributed by atoms with E-state index in [4.69, 9.17) is 0 Å². The molecule has 1 aromatic carbocycles. The van der Waals surface area contributed by atoms with Crippen molar-refractivity contribution in [2.75, 3.05) is 19.6 Å². The monoisotopic (exact) mass is 398 g/mol. The first-order chi connectivity index (χ1) is 14.0. The third-order valence-electron chi connectivity index (χ3n) is 5.86. The van der Waals surface area contributed by atoms with Crippen LogP contribution in [0.5, 0.6) is 0 Å². The molecule has 1 unspecified atom stereocenters. The minimum atomic E-state index is -0.363. The van der Waals surface area contributed by atoms with Gasteiger partial charge >= 0.3 is 0 Å². The molecule has 0 radical (unpaired) electrons. The van der Waals surface area contributed by atoms with Gasteiger partial charge in [0.2, 0.25) is 5.91 Å². The molecule has 2 aromatic rings. The number of likely N-dealkylation sites (tertiary alicyclic amines) is 1. The first-order valence-corrected chi connectivity index (χ1v) is 10.5. The number of para-hydroxylation sites is 1. The summed E-state index contributed by atoms with van der Waals surface area (Å²) in [5, 5.41) is 7.26. The average molecular weight is 398 g/mol. The Labute approximate surface area is 170 Å². The maximum absolute atomic E-state index is 14.2. The van der Waals surface area contributed by atoms with Gasteiger partial charge in [-0.2, -0.15) is 5.10 Å². The highest BCUT2D eigenvalue weighted by atomic mass is 19.1. The van der Waals surface area contributed by atoms with Crippen LogP contribution in [0.1, 0.15) is 54.4 Å². The summed E-state index contributed by atoms with van der Waals surface area (Å²) < 4.78 is 15.8. The maximum Gasteiger partial charge on any atom is 0.272 e. The van der Waals surface area contributed by atoms with Crippen LogP contribution >= 0.6 is 0 Å². The van der Waals surface area contributed by atoms with Gasteiger partial charge < -0.3 is 10.2 Å². The largest absolute Gasteiger partial charge is 0.350 e. The number of rotatable bonds is 5. The summed E-state index contributed by atoms with van der Waals surface area (Å²) in [6, 6.07) is 6.45. The quantitative estimate of drug-likeness (QED) is 0.842. The molecule has 1 atom stereocenters. The first-order valence-electron chi connectivity index (χ1n) is 10.5. The van der Waals surface area contributed by atoms with Crippen molar-refractivity contribution in [1.82, 2.24) is 20.0 Å². The Kier molecular flexibility index (Phi) is 5.65. The number of fused-ring (bicyclic) bond motifs is 1. The van der Waals surface area contributed by atoms with Gasteiger partial charge in [-0.25, -0.2) is 9.07 Å². The lowest BCUT2D eigenvalue weighted by Crippen LogP contribution is -2.40. The molecule has 2 amide bonds. The van der Waals surface area contributed by atoms with E-state index in [1.165, 1.54) is 6.07 Å². The van der Waals surface area contributed by atoms with Crippen molar-refractivity contribution in [3.63, 3.8) is 0 Å². The second kappa shape index (κ2) is 8.35. The Balaban J connectivity index is 1.42. The van der Waals surface area contributed by atoms with Crippen LogP contribution in [0.4, 0.5) is 4.39 Å². The van der Waals surface area contributed by atoms with Crippen LogP contribution in [0.2, 0.25) is 0 Å². The lowest BCUT2D eigenvalue weighted by molar-refractivity contribution is -0.132. The van der Waals surface area contributed by atoms with Gasteiger partial charge in [0.15, 0.2) is 5.69 Å². The van der Waals surface area contributed by atoms with Crippen LogP contribution in [0.3, 0.4) is 0 Å². The minimum Gasteiger partial charge on any atom is -0.350 e. The van der Waals surface area contributed by atoms with Gasteiger partial charge in [0.25, 0.3) is 5.91 Å². The highest BCUT2D eigenvalue weighted by Gasteiger charge is 2.28. The zero-order valence-electron chi connectivity index (χ0n) is 16.8.